The van der Waals surface area contributed by atoms with Crippen LogP contribution in [0.25, 0.3) is 10.9 Å². The number of hydrogen-bond donors (Lipinski definition) is 0. The number of rotatable bonds is 3. The fourth-order valence-corrected chi connectivity index (χ4v) is 2.22. The van der Waals surface area contributed by atoms with Crippen molar-refractivity contribution in [3.8, 4) is 0 Å². The SMILES string of the molecule is Cn1ccc2ccc(CC(C)(C)CBr)cc21. The third-order valence-corrected chi connectivity index (χ3v) is 4.51. The maximum absolute atomic E-state index is 3.58. The summed E-state index contributed by atoms with van der Waals surface area (Å²) in [6.07, 6.45) is 3.23. The van der Waals surface area contributed by atoms with Crippen LogP contribution >= 0.6 is 15.9 Å². The van der Waals surface area contributed by atoms with Gasteiger partial charge >= 0.3 is 0 Å². The van der Waals surface area contributed by atoms with Gasteiger partial charge < -0.3 is 4.57 Å². The van der Waals surface area contributed by atoms with E-state index < -0.39 is 0 Å². The summed E-state index contributed by atoms with van der Waals surface area (Å²) in [5.74, 6) is 0. The van der Waals surface area contributed by atoms with E-state index in [1.807, 2.05) is 0 Å². The maximum atomic E-state index is 3.58. The molecule has 0 radical (unpaired) electrons. The van der Waals surface area contributed by atoms with Crippen molar-refractivity contribution in [1.82, 2.24) is 4.57 Å². The van der Waals surface area contributed by atoms with Crippen LogP contribution in [0.5, 0.6) is 0 Å². The average Bonchev–Trinajstić information content (AvgIpc) is 2.60. The molecule has 0 aliphatic heterocycles. The van der Waals surface area contributed by atoms with Crippen LogP contribution in [0.15, 0.2) is 30.5 Å². The molecule has 1 aromatic heterocycles. The summed E-state index contributed by atoms with van der Waals surface area (Å²) >= 11 is 3.58. The van der Waals surface area contributed by atoms with Gasteiger partial charge in [-0.25, -0.2) is 0 Å². The molecule has 0 fully saturated rings. The lowest BCUT2D eigenvalue weighted by Gasteiger charge is -2.21. The topological polar surface area (TPSA) is 4.93 Å². The van der Waals surface area contributed by atoms with Crippen molar-refractivity contribution >= 4 is 26.8 Å². The minimum absolute atomic E-state index is 0.318. The van der Waals surface area contributed by atoms with E-state index in [2.05, 4.69) is 71.9 Å². The van der Waals surface area contributed by atoms with E-state index in [0.717, 1.165) is 11.8 Å². The lowest BCUT2D eigenvalue weighted by Crippen LogP contribution is -2.16. The fraction of sp³-hybridized carbons (Fsp3) is 0.429. The third-order valence-electron chi connectivity index (χ3n) is 3.00. The van der Waals surface area contributed by atoms with Gasteiger partial charge in [-0.15, -0.1) is 0 Å². The van der Waals surface area contributed by atoms with Crippen LogP contribution in [0, 0.1) is 5.41 Å². The van der Waals surface area contributed by atoms with Crippen molar-refractivity contribution in [1.29, 1.82) is 0 Å². The number of benzene rings is 1. The van der Waals surface area contributed by atoms with E-state index in [4.69, 9.17) is 0 Å². The molecule has 0 atom stereocenters. The van der Waals surface area contributed by atoms with Gasteiger partial charge in [0.25, 0.3) is 0 Å². The molecule has 1 heterocycles. The Morgan fingerprint density at radius 2 is 2.00 bits per heavy atom. The number of aryl methyl sites for hydroxylation is 1. The van der Waals surface area contributed by atoms with E-state index >= 15 is 0 Å². The molecule has 86 valence electrons. The van der Waals surface area contributed by atoms with E-state index in [1.165, 1.54) is 16.5 Å². The van der Waals surface area contributed by atoms with Gasteiger partial charge in [0, 0.05) is 24.1 Å². The van der Waals surface area contributed by atoms with Crippen molar-refractivity contribution in [2.75, 3.05) is 5.33 Å². The lowest BCUT2D eigenvalue weighted by molar-refractivity contribution is 0.425. The molecule has 0 saturated carbocycles. The fourth-order valence-electron chi connectivity index (χ4n) is 2.02. The Kier molecular flexibility index (Phi) is 3.11. The monoisotopic (exact) mass is 279 g/mol. The van der Waals surface area contributed by atoms with Gasteiger partial charge in [-0.1, -0.05) is 41.9 Å². The molecule has 0 bridgehead atoms. The first kappa shape index (κ1) is 11.7. The molecule has 0 spiro atoms. The number of nitrogens with zero attached hydrogens (tertiary/aromatic N) is 1. The molecule has 16 heavy (non-hydrogen) atoms. The van der Waals surface area contributed by atoms with Crippen molar-refractivity contribution in [3.63, 3.8) is 0 Å². The summed E-state index contributed by atoms with van der Waals surface area (Å²) in [6, 6.07) is 8.93. The van der Waals surface area contributed by atoms with Gasteiger partial charge in [-0.3, -0.25) is 0 Å². The number of halogens is 1. The molecule has 1 aromatic carbocycles. The Morgan fingerprint density at radius 1 is 1.25 bits per heavy atom. The Bertz CT molecular complexity index is 496. The standard InChI is InChI=1S/C14H18BrN/c1-14(2,10-15)9-11-4-5-12-6-7-16(3)13(12)8-11/h4-8H,9-10H2,1-3H3. The summed E-state index contributed by atoms with van der Waals surface area (Å²) in [4.78, 5) is 0. The second-order valence-corrected chi connectivity index (χ2v) is 5.86. The smallest absolute Gasteiger partial charge is 0.0480 e. The molecular formula is C14H18BrN. The molecule has 1 nitrogen and oxygen atoms in total. The zero-order valence-electron chi connectivity index (χ0n) is 10.1. The second-order valence-electron chi connectivity index (χ2n) is 5.29. The maximum Gasteiger partial charge on any atom is 0.0480 e. The first-order valence-electron chi connectivity index (χ1n) is 5.62. The van der Waals surface area contributed by atoms with Crippen molar-refractivity contribution in [2.24, 2.45) is 12.5 Å². The first-order chi connectivity index (χ1) is 7.52. The minimum atomic E-state index is 0.318. The van der Waals surface area contributed by atoms with Crippen LogP contribution in [0.4, 0.5) is 0 Å². The van der Waals surface area contributed by atoms with Crippen LogP contribution < -0.4 is 0 Å². The quantitative estimate of drug-likeness (QED) is 0.745. The van der Waals surface area contributed by atoms with E-state index in [-0.39, 0.29) is 0 Å². The molecule has 2 aromatic rings. The molecule has 0 amide bonds. The van der Waals surface area contributed by atoms with Gasteiger partial charge in [0.05, 0.1) is 0 Å². The van der Waals surface area contributed by atoms with Crippen LogP contribution in [0.3, 0.4) is 0 Å². The van der Waals surface area contributed by atoms with Crippen LogP contribution in [0.2, 0.25) is 0 Å². The highest BCUT2D eigenvalue weighted by Gasteiger charge is 2.16. The normalized spacial score (nSPS) is 12.2. The van der Waals surface area contributed by atoms with E-state index in [0.29, 0.717) is 5.41 Å². The Morgan fingerprint density at radius 3 is 2.69 bits per heavy atom. The van der Waals surface area contributed by atoms with Crippen molar-refractivity contribution in [3.05, 3.63) is 36.0 Å². The largest absolute Gasteiger partial charge is 0.351 e. The average molecular weight is 280 g/mol. The van der Waals surface area contributed by atoms with Gasteiger partial charge in [0.15, 0.2) is 0 Å². The molecule has 0 aliphatic rings. The predicted octanol–water partition coefficient (Wildman–Crippen LogP) is 4.14. The van der Waals surface area contributed by atoms with Crippen LogP contribution in [-0.2, 0) is 13.5 Å². The van der Waals surface area contributed by atoms with Gasteiger partial charge in [-0.2, -0.15) is 0 Å². The van der Waals surface area contributed by atoms with Crippen LogP contribution in [-0.4, -0.2) is 9.90 Å². The number of hydrogen-bond acceptors (Lipinski definition) is 0. The first-order valence-corrected chi connectivity index (χ1v) is 6.74. The molecule has 0 aliphatic carbocycles. The van der Waals surface area contributed by atoms with Crippen molar-refractivity contribution in [2.45, 2.75) is 20.3 Å². The number of alkyl halides is 1. The summed E-state index contributed by atoms with van der Waals surface area (Å²) in [7, 11) is 2.10. The highest BCUT2D eigenvalue weighted by molar-refractivity contribution is 9.09. The predicted molar refractivity (Wildman–Crippen MR) is 74.2 cm³/mol. The highest BCUT2D eigenvalue weighted by atomic mass is 79.9. The summed E-state index contributed by atoms with van der Waals surface area (Å²) in [5, 5.41) is 2.36. The lowest BCUT2D eigenvalue weighted by atomic mass is 9.88. The molecule has 0 N–H and O–H groups in total. The van der Waals surface area contributed by atoms with E-state index in [9.17, 15) is 0 Å². The van der Waals surface area contributed by atoms with Gasteiger partial charge in [0.1, 0.15) is 0 Å². The van der Waals surface area contributed by atoms with E-state index in [1.54, 1.807) is 0 Å². The Hall–Kier alpha value is -0.760. The summed E-state index contributed by atoms with van der Waals surface area (Å²) in [6.45, 7) is 4.58. The zero-order valence-corrected chi connectivity index (χ0v) is 11.7. The number of fused-ring (bicyclic) bond motifs is 1. The minimum Gasteiger partial charge on any atom is -0.351 e. The second kappa shape index (κ2) is 4.25. The highest BCUT2D eigenvalue weighted by Crippen LogP contribution is 2.26. The molecule has 2 heteroatoms. The molecule has 0 unspecified atom stereocenters. The number of aromatic nitrogens is 1. The summed E-state index contributed by atoms with van der Waals surface area (Å²) in [5.41, 5.74) is 3.06. The molecule has 2 rings (SSSR count). The zero-order chi connectivity index (χ0) is 11.8. The molecular weight excluding hydrogens is 262 g/mol. The van der Waals surface area contributed by atoms with Gasteiger partial charge in [-0.05, 0) is 34.9 Å². The van der Waals surface area contributed by atoms with Gasteiger partial charge in [0.2, 0.25) is 0 Å². The van der Waals surface area contributed by atoms with Crippen molar-refractivity contribution < 1.29 is 0 Å². The Balaban J connectivity index is 2.35. The third kappa shape index (κ3) is 2.32. The van der Waals surface area contributed by atoms with Crippen LogP contribution in [0.1, 0.15) is 19.4 Å². The summed E-state index contributed by atoms with van der Waals surface area (Å²) < 4.78 is 2.18. The molecule has 0 saturated heterocycles. The Labute approximate surface area is 106 Å².